The predicted molar refractivity (Wildman–Crippen MR) is 48.2 cm³/mol. The monoisotopic (exact) mass is 440 g/mol. The average molecular weight is 439 g/mol. The molecule has 0 saturated carbocycles. The second-order valence-corrected chi connectivity index (χ2v) is 0.447. The van der Waals surface area contributed by atoms with Gasteiger partial charge in [0.05, 0.1) is 10.2 Å². The standard InChI is InChI=1S/2NO3.6H2O.Pb/c2*2-1(3)4;;;;;;;/h;;6*1H2;/q2*-1;;;;;;;+2. The minimum atomic E-state index is -1.75. The maximum absolute atomic E-state index is 8.25. The SMILES string of the molecule is O.O.O.O.O.O.O=[N+]([O-])[O-].O=[N+]([O-])[O-].[Pb+2]. The van der Waals surface area contributed by atoms with Crippen molar-refractivity contribution in [3.05, 3.63) is 30.6 Å². The van der Waals surface area contributed by atoms with Crippen molar-refractivity contribution < 1.29 is 43.0 Å². The molecule has 0 spiro atoms. The fourth-order valence-corrected chi connectivity index (χ4v) is 0. The summed E-state index contributed by atoms with van der Waals surface area (Å²) in [4.78, 5) is 16.5. The van der Waals surface area contributed by atoms with Crippen molar-refractivity contribution in [1.29, 1.82) is 0 Å². The van der Waals surface area contributed by atoms with Gasteiger partial charge in [0.25, 0.3) is 0 Å². The Hall–Kier alpha value is -0.918. The molecule has 0 aliphatic rings. The van der Waals surface area contributed by atoms with Gasteiger partial charge in [0.15, 0.2) is 0 Å². The zero-order chi connectivity index (χ0) is 7.15. The topological polar surface area (TPSA) is 321 Å². The van der Waals surface area contributed by atoms with Crippen LogP contribution in [0.25, 0.3) is 0 Å². The molecule has 98 valence electrons. The quantitative estimate of drug-likeness (QED) is 0.201. The fraction of sp³-hybridized carbons (Fsp3) is 0. The Morgan fingerprint density at radius 3 is 0.533 bits per heavy atom. The molecule has 0 rings (SSSR count). The van der Waals surface area contributed by atoms with Gasteiger partial charge < -0.3 is 63.5 Å². The van der Waals surface area contributed by atoms with Gasteiger partial charge in [-0.3, -0.25) is 0 Å². The molecular weight excluding hydrogens is 427 g/mol. The first kappa shape index (κ1) is 93.3. The summed E-state index contributed by atoms with van der Waals surface area (Å²) < 4.78 is 0. The molecule has 0 amide bonds. The van der Waals surface area contributed by atoms with Crippen LogP contribution in [0.15, 0.2) is 0 Å². The number of rotatable bonds is 0. The van der Waals surface area contributed by atoms with Crippen LogP contribution in [0.2, 0.25) is 0 Å². The van der Waals surface area contributed by atoms with E-state index in [1.54, 1.807) is 0 Å². The van der Waals surface area contributed by atoms with Crippen LogP contribution in [0, 0.1) is 30.6 Å². The van der Waals surface area contributed by atoms with E-state index in [1.807, 2.05) is 0 Å². The Kier molecular flexibility index (Phi) is 460. The van der Waals surface area contributed by atoms with Gasteiger partial charge in [0.2, 0.25) is 0 Å². The Morgan fingerprint density at radius 2 is 0.533 bits per heavy atom. The number of hydrogen-bond donors (Lipinski definition) is 0. The van der Waals surface area contributed by atoms with Gasteiger partial charge in [-0.1, -0.05) is 0 Å². The molecular formula is H12N2O12Pb. The third-order valence-electron chi connectivity index (χ3n) is 0. The van der Waals surface area contributed by atoms with Gasteiger partial charge in [-0.05, 0) is 0 Å². The summed E-state index contributed by atoms with van der Waals surface area (Å²) in [5.74, 6) is 0. The Labute approximate surface area is 101 Å². The summed E-state index contributed by atoms with van der Waals surface area (Å²) in [5, 5.41) is 29.5. The molecule has 0 unspecified atom stereocenters. The minimum absolute atomic E-state index is 0. The van der Waals surface area contributed by atoms with Crippen LogP contribution in [0.1, 0.15) is 0 Å². The molecule has 0 atom stereocenters. The Bertz CT molecular complexity index is 71.6. The summed E-state index contributed by atoms with van der Waals surface area (Å²) >= 11 is 0. The molecule has 0 aliphatic heterocycles. The zero-order valence-corrected chi connectivity index (χ0v) is 10.7. The molecule has 15 heavy (non-hydrogen) atoms. The molecule has 0 aliphatic carbocycles. The van der Waals surface area contributed by atoms with Gasteiger partial charge in [0.1, 0.15) is 0 Å². The smallest absolute Gasteiger partial charge is 0.412 e. The van der Waals surface area contributed by atoms with E-state index in [0.717, 1.165) is 0 Å². The van der Waals surface area contributed by atoms with Crippen molar-refractivity contribution in [2.75, 3.05) is 0 Å². The molecule has 15 heteroatoms. The second-order valence-electron chi connectivity index (χ2n) is 0.447. The molecule has 0 heterocycles. The Morgan fingerprint density at radius 1 is 0.533 bits per heavy atom. The van der Waals surface area contributed by atoms with E-state index < -0.39 is 10.2 Å². The maximum Gasteiger partial charge on any atom is 2.00 e. The minimum Gasteiger partial charge on any atom is -0.412 e. The number of hydrogen-bond acceptors (Lipinski definition) is 6. The van der Waals surface area contributed by atoms with Gasteiger partial charge in [-0.25, -0.2) is 0 Å². The molecule has 12 N–H and O–H groups in total. The van der Waals surface area contributed by atoms with Crippen LogP contribution in [-0.4, -0.2) is 70.3 Å². The van der Waals surface area contributed by atoms with Gasteiger partial charge >= 0.3 is 27.3 Å². The van der Waals surface area contributed by atoms with E-state index in [4.69, 9.17) is 30.6 Å². The molecule has 0 aromatic carbocycles. The Balaban J connectivity index is -0.00000000468. The molecule has 2 radical (unpaired) electrons. The summed E-state index contributed by atoms with van der Waals surface area (Å²) in [6.45, 7) is 0. The average Bonchev–Trinajstić information content (AvgIpc) is 1.25. The maximum atomic E-state index is 8.25. The van der Waals surface area contributed by atoms with Gasteiger partial charge in [0, 0.05) is 0 Å². The van der Waals surface area contributed by atoms with Gasteiger partial charge in [-0.2, -0.15) is 0 Å². The van der Waals surface area contributed by atoms with Crippen LogP contribution in [0.4, 0.5) is 0 Å². The third kappa shape index (κ3) is 1910. The fourth-order valence-electron chi connectivity index (χ4n) is 0. The molecule has 0 aromatic rings. The van der Waals surface area contributed by atoms with Crippen LogP contribution >= 0.6 is 0 Å². The van der Waals surface area contributed by atoms with Crippen molar-refractivity contribution in [3.8, 4) is 0 Å². The third-order valence-corrected chi connectivity index (χ3v) is 0. The van der Waals surface area contributed by atoms with Crippen LogP contribution in [0.5, 0.6) is 0 Å². The van der Waals surface area contributed by atoms with E-state index in [9.17, 15) is 0 Å². The van der Waals surface area contributed by atoms with Crippen LogP contribution < -0.4 is 0 Å². The molecule has 14 nitrogen and oxygen atoms in total. The number of nitrogens with zero attached hydrogens (tertiary/aromatic N) is 2. The summed E-state index contributed by atoms with van der Waals surface area (Å²) in [7, 11) is 0. The summed E-state index contributed by atoms with van der Waals surface area (Å²) in [5.41, 5.74) is 0. The normalized spacial score (nSPS) is 3.20. The van der Waals surface area contributed by atoms with E-state index in [0.29, 0.717) is 0 Å². The van der Waals surface area contributed by atoms with Crippen LogP contribution in [-0.2, 0) is 0 Å². The molecule has 0 aromatic heterocycles. The summed E-state index contributed by atoms with van der Waals surface area (Å²) in [6.07, 6.45) is 0. The summed E-state index contributed by atoms with van der Waals surface area (Å²) in [6, 6.07) is 0. The zero-order valence-electron chi connectivity index (χ0n) is 6.84. The van der Waals surface area contributed by atoms with E-state index >= 15 is 0 Å². The molecule has 0 saturated heterocycles. The second kappa shape index (κ2) is 73.9. The van der Waals surface area contributed by atoms with Crippen molar-refractivity contribution in [1.82, 2.24) is 0 Å². The molecule has 0 bridgehead atoms. The van der Waals surface area contributed by atoms with E-state index in [1.165, 1.54) is 0 Å². The van der Waals surface area contributed by atoms with E-state index in [2.05, 4.69) is 0 Å². The predicted octanol–water partition coefficient (Wildman–Crippen LogP) is -5.81. The first-order valence-electron chi connectivity index (χ1n) is 1.10. The van der Waals surface area contributed by atoms with E-state index in [-0.39, 0.29) is 60.2 Å². The van der Waals surface area contributed by atoms with Crippen LogP contribution in [0.3, 0.4) is 0 Å². The largest absolute Gasteiger partial charge is 2.00 e. The van der Waals surface area contributed by atoms with Gasteiger partial charge in [-0.15, -0.1) is 0 Å². The molecule has 0 fully saturated rings. The van der Waals surface area contributed by atoms with Crippen molar-refractivity contribution in [3.63, 3.8) is 0 Å². The van der Waals surface area contributed by atoms with Crippen molar-refractivity contribution in [2.45, 2.75) is 0 Å². The van der Waals surface area contributed by atoms with Crippen molar-refractivity contribution in [2.24, 2.45) is 0 Å². The first-order valence-corrected chi connectivity index (χ1v) is 1.10. The first-order chi connectivity index (χ1) is 3.46. The van der Waals surface area contributed by atoms with Crippen molar-refractivity contribution >= 4 is 27.3 Å².